The predicted octanol–water partition coefficient (Wildman–Crippen LogP) is 22.0. The molecule has 0 saturated heterocycles. The molecule has 0 saturated carbocycles. The summed E-state index contributed by atoms with van der Waals surface area (Å²) in [5.41, 5.74) is 7.44. The smallest absolute Gasteiger partial charge is 0.190 e. The fraction of sp³-hybridized carbons (Fsp3) is 0.118. The molecule has 4 aliphatic carbocycles. The fourth-order valence-electron chi connectivity index (χ4n) is 26.4. The van der Waals surface area contributed by atoms with E-state index >= 15 is 0 Å². The van der Waals surface area contributed by atoms with Crippen LogP contribution in [0.5, 0.6) is 11.5 Å². The van der Waals surface area contributed by atoms with E-state index in [4.69, 9.17) is 15.4 Å². The highest BCUT2D eigenvalue weighted by molar-refractivity contribution is 8.13. The first-order chi connectivity index (χ1) is 44.0. The summed E-state index contributed by atoms with van der Waals surface area (Å²) in [6, 6.07) is 12.3. The van der Waals surface area contributed by atoms with Gasteiger partial charge in [-0.2, -0.15) is 0 Å². The van der Waals surface area contributed by atoms with Gasteiger partial charge >= 0.3 is 0 Å². The van der Waals surface area contributed by atoms with E-state index in [0.29, 0.717) is 13.2 Å². The zero-order valence-corrected chi connectivity index (χ0v) is 48.2. The minimum Gasteiger partial charge on any atom is -0.492 e. The van der Waals surface area contributed by atoms with Crippen LogP contribution in [0.1, 0.15) is 79.5 Å². The Morgan fingerprint density at radius 2 is 0.596 bits per heavy atom. The van der Waals surface area contributed by atoms with Crippen LogP contribution in [0, 0.1) is 23.7 Å². The molecule has 0 radical (unpaired) electrons. The van der Waals surface area contributed by atoms with Crippen LogP contribution >= 0.6 is 11.8 Å². The van der Waals surface area contributed by atoms with Crippen LogP contribution in [-0.2, 0) is 15.6 Å². The molecule has 30 aromatic rings. The molecule has 89 heavy (non-hydrogen) atoms. The SMILES string of the molecule is CCCOc1cc(C#CC23c4c5c6c7c8c9c(c%10c%11c2c2c4c4c%12c5c5c6c6c8c8c%13c9c9c%10c%10c%11c%11c2c2c4c4c%12c%12c5c5c6c8c6c8c%13c9c9c%10c%10c%11c2c2c4c4c%12c5c6c5c8c9c%10c2c45)C73C)c(OCCC)cc1C#Cc1ccc(SC(C)=O)cc1. The quantitative estimate of drug-likeness (QED) is 0.0905. The normalized spacial score (nSPS) is 19.2. The summed E-state index contributed by atoms with van der Waals surface area (Å²) < 4.78 is 13.8. The standard InChI is InChI=1S/C85H26O3S/c1-5-15-87-24-18-22(25(88-16-6-2)17-21(24)10-7-20-8-11-23(12-9-20)89-19(3)86)13-14-85-82-76-70-60-48-40-32-28-26-27-30-34(32)42(48)52-46-38(30)39-31(27)35-33-29(26)37-36(28)44-50(40)58-64-54(44)55-45(37)51-41(33)49-43(35)53-47(39)57-56(46)68(62(52)70)78(82)79-69(57)63(53)71-61(49)67-59(51)65(55)73-72(64)80(74(76)66(58)60)84(85,4)81(73)75(67)77(71)83(79)85/h8-9,11-12,17-18H,5-6,15-16H2,1-4H3. The number of ether oxygens (including phenoxy) is 2. The lowest BCUT2D eigenvalue weighted by Gasteiger charge is -2.49. The summed E-state index contributed by atoms with van der Waals surface area (Å²) in [4.78, 5) is 12.9. The molecule has 0 N–H and O–H groups in total. The van der Waals surface area contributed by atoms with E-state index in [2.05, 4.69) is 50.7 Å². The Bertz CT molecular complexity index is 8270. The van der Waals surface area contributed by atoms with Gasteiger partial charge < -0.3 is 9.47 Å². The largest absolute Gasteiger partial charge is 0.492 e. The Morgan fingerprint density at radius 1 is 0.348 bits per heavy atom. The minimum absolute atomic E-state index is 0.0699. The Balaban J connectivity index is 0.876. The van der Waals surface area contributed by atoms with Crippen molar-refractivity contribution in [2.75, 3.05) is 13.2 Å². The van der Waals surface area contributed by atoms with Crippen LogP contribution < -0.4 is 9.47 Å². The van der Waals surface area contributed by atoms with Crippen LogP contribution in [0.3, 0.4) is 0 Å². The third kappa shape index (κ3) is 2.62. The summed E-state index contributed by atoms with van der Waals surface area (Å²) in [7, 11) is 0. The molecule has 0 atom stereocenters. The molecule has 0 heterocycles. The average Bonchev–Trinajstić information content (AvgIpc) is 1.38. The maximum Gasteiger partial charge on any atom is 0.190 e. The lowest BCUT2D eigenvalue weighted by atomic mass is 9.49. The Morgan fingerprint density at radius 3 is 0.854 bits per heavy atom. The predicted molar refractivity (Wildman–Crippen MR) is 373 cm³/mol. The van der Waals surface area contributed by atoms with Gasteiger partial charge in [0.25, 0.3) is 0 Å². The average molecular weight is 1130 g/mol. The summed E-state index contributed by atoms with van der Waals surface area (Å²) >= 11 is 1.25. The first-order valence-electron chi connectivity index (χ1n) is 32.5. The van der Waals surface area contributed by atoms with E-state index in [1.807, 2.05) is 24.3 Å². The lowest BCUT2D eigenvalue weighted by Crippen LogP contribution is -2.49. The number of hydrogen-bond donors (Lipinski definition) is 0. The number of rotatable bonds is 7. The summed E-state index contributed by atoms with van der Waals surface area (Å²) in [6.45, 7) is 9.86. The van der Waals surface area contributed by atoms with Gasteiger partial charge in [0.05, 0.1) is 29.8 Å². The van der Waals surface area contributed by atoms with Crippen molar-refractivity contribution in [3.63, 3.8) is 0 Å². The van der Waals surface area contributed by atoms with Gasteiger partial charge in [-0.15, -0.1) is 0 Å². The zero-order chi connectivity index (χ0) is 55.5. The van der Waals surface area contributed by atoms with Gasteiger partial charge in [-0.3, -0.25) is 4.79 Å². The monoisotopic (exact) mass is 1130 g/mol. The molecule has 4 heteroatoms. The zero-order valence-electron chi connectivity index (χ0n) is 47.4. The molecule has 0 amide bonds. The topological polar surface area (TPSA) is 35.5 Å². The van der Waals surface area contributed by atoms with E-state index in [9.17, 15) is 4.79 Å². The second-order valence-corrected chi connectivity index (χ2v) is 31.0. The van der Waals surface area contributed by atoms with Crippen LogP contribution in [0.2, 0.25) is 0 Å². The van der Waals surface area contributed by atoms with Gasteiger partial charge in [0.1, 0.15) is 11.5 Å². The Kier molecular flexibility index (Phi) is 4.35. The lowest BCUT2D eigenvalue weighted by molar-refractivity contribution is -0.109. The second-order valence-electron chi connectivity index (χ2n) is 29.8. The molecule has 4 aliphatic rings. The van der Waals surface area contributed by atoms with Crippen molar-refractivity contribution in [1.29, 1.82) is 0 Å². The van der Waals surface area contributed by atoms with Crippen molar-refractivity contribution < 1.29 is 14.3 Å². The highest BCUT2D eigenvalue weighted by atomic mass is 32.2. The van der Waals surface area contributed by atoms with E-state index < -0.39 is 10.8 Å². The van der Waals surface area contributed by atoms with Crippen molar-refractivity contribution in [2.45, 2.75) is 56.3 Å². The minimum atomic E-state index is -0.768. The molecule has 0 bridgehead atoms. The Labute approximate surface area is 498 Å². The maximum atomic E-state index is 12.0. The van der Waals surface area contributed by atoms with Gasteiger partial charge in [0.15, 0.2) is 5.12 Å². The van der Waals surface area contributed by atoms with Gasteiger partial charge in [-0.05, 0) is 357 Å². The van der Waals surface area contributed by atoms with Crippen molar-refractivity contribution in [2.24, 2.45) is 0 Å². The van der Waals surface area contributed by atoms with Gasteiger partial charge in [-0.25, -0.2) is 0 Å². The Hall–Kier alpha value is -10.4. The molecular weight excluding hydrogens is 1100 g/mol. The number of carbonyl (C=O) groups excluding carboxylic acids is 1. The summed E-state index contributed by atoms with van der Waals surface area (Å²) in [6.07, 6.45) is 1.72. The summed E-state index contributed by atoms with van der Waals surface area (Å²) in [5.74, 6) is 17.5. The fourth-order valence-corrected chi connectivity index (χ4v) is 27.0. The van der Waals surface area contributed by atoms with Crippen LogP contribution in [0.25, 0.3) is 291 Å². The molecule has 30 aromatic carbocycles. The van der Waals surface area contributed by atoms with Gasteiger partial charge in [-0.1, -0.05) is 49.3 Å². The first kappa shape index (κ1) is 38.7. The van der Waals surface area contributed by atoms with E-state index in [1.54, 1.807) is 287 Å². The molecule has 34 rings (SSSR count). The molecule has 0 spiro atoms. The van der Waals surface area contributed by atoms with Crippen LogP contribution in [0.4, 0.5) is 0 Å². The van der Waals surface area contributed by atoms with Crippen molar-refractivity contribution >= 4 is 308 Å². The molecule has 3 nitrogen and oxygen atoms in total. The first-order valence-corrected chi connectivity index (χ1v) is 33.3. The number of hydrogen-bond acceptors (Lipinski definition) is 4. The van der Waals surface area contributed by atoms with Gasteiger partial charge in [0.2, 0.25) is 0 Å². The number of thioether (sulfide) groups is 1. The summed E-state index contributed by atoms with van der Waals surface area (Å²) in [5, 5.41) is 85.9. The van der Waals surface area contributed by atoms with Gasteiger partial charge in [0, 0.05) is 34.9 Å². The van der Waals surface area contributed by atoms with E-state index in [-0.39, 0.29) is 5.12 Å². The van der Waals surface area contributed by atoms with E-state index in [0.717, 1.165) is 45.9 Å². The molecule has 0 aliphatic heterocycles. The van der Waals surface area contributed by atoms with Crippen LogP contribution in [-0.4, -0.2) is 18.3 Å². The van der Waals surface area contributed by atoms with Crippen molar-refractivity contribution in [1.82, 2.24) is 0 Å². The maximum absolute atomic E-state index is 12.0. The highest BCUT2D eigenvalue weighted by Crippen LogP contribution is 2.84. The van der Waals surface area contributed by atoms with Crippen LogP contribution in [0.15, 0.2) is 41.3 Å². The molecule has 390 valence electrons. The third-order valence-corrected chi connectivity index (χ3v) is 28.4. The third-order valence-electron chi connectivity index (χ3n) is 27.6. The van der Waals surface area contributed by atoms with Crippen molar-refractivity contribution in [3.8, 4) is 35.2 Å². The van der Waals surface area contributed by atoms with E-state index in [1.165, 1.54) is 44.4 Å². The number of benzene rings is 20. The molecule has 0 fully saturated rings. The molecule has 0 unspecified atom stereocenters. The second kappa shape index (κ2) is 9.99. The van der Waals surface area contributed by atoms with Crippen molar-refractivity contribution in [3.05, 3.63) is 75.3 Å². The number of carbonyl (C=O) groups is 1. The highest BCUT2D eigenvalue weighted by Gasteiger charge is 2.68. The molecular formula is C85H26O3S. The molecule has 0 aromatic heterocycles.